The van der Waals surface area contributed by atoms with Crippen LogP contribution in [-0.2, 0) is 0 Å². The van der Waals surface area contributed by atoms with Crippen LogP contribution in [0.5, 0.6) is 0 Å². The van der Waals surface area contributed by atoms with Crippen LogP contribution in [0.25, 0.3) is 0 Å². The molecule has 0 saturated heterocycles. The Kier molecular flexibility index (Phi) is 4.51. The summed E-state index contributed by atoms with van der Waals surface area (Å²) in [5.41, 5.74) is 9.15. The number of aryl methyl sites for hydroxylation is 1. The topological polar surface area (TPSA) is 46.2 Å². The number of aliphatic hydroxyl groups is 1. The highest BCUT2D eigenvalue weighted by molar-refractivity contribution is 5.34. The summed E-state index contributed by atoms with van der Waals surface area (Å²) in [5.74, 6) is 0.514. The minimum atomic E-state index is -0.454. The number of hydrogen-bond donors (Lipinski definition) is 2. The summed E-state index contributed by atoms with van der Waals surface area (Å²) in [6.07, 6.45) is -0.454. The second-order valence-electron chi connectivity index (χ2n) is 4.88. The van der Waals surface area contributed by atoms with E-state index in [1.54, 1.807) is 0 Å². The van der Waals surface area contributed by atoms with E-state index in [1.807, 2.05) is 12.1 Å². The Balaban J connectivity index is 3.03. The van der Waals surface area contributed by atoms with E-state index in [0.717, 1.165) is 5.56 Å². The lowest BCUT2D eigenvalue weighted by molar-refractivity contribution is 0.0855. The van der Waals surface area contributed by atoms with Crippen molar-refractivity contribution >= 4 is 0 Å². The first-order valence-electron chi connectivity index (χ1n) is 5.93. The lowest BCUT2D eigenvalue weighted by Gasteiger charge is -2.26. The number of benzene rings is 1. The minimum absolute atomic E-state index is 0.125. The van der Waals surface area contributed by atoms with Gasteiger partial charge in [0.2, 0.25) is 0 Å². The molecule has 0 heterocycles. The Bertz CT molecular complexity index is 347. The summed E-state index contributed by atoms with van der Waals surface area (Å²) < 4.78 is 0. The lowest BCUT2D eigenvalue weighted by atomic mass is 9.84. The second kappa shape index (κ2) is 5.46. The molecule has 16 heavy (non-hydrogen) atoms. The van der Waals surface area contributed by atoms with E-state index < -0.39 is 6.10 Å². The fraction of sp³-hybridized carbons (Fsp3) is 0.571. The number of nitrogens with two attached hydrogens (primary N) is 1. The van der Waals surface area contributed by atoms with Crippen LogP contribution in [0.4, 0.5) is 0 Å². The molecule has 1 aromatic carbocycles. The maximum atomic E-state index is 10.4. The normalized spacial score (nSPS) is 15.2. The van der Waals surface area contributed by atoms with Crippen molar-refractivity contribution in [3.8, 4) is 0 Å². The van der Waals surface area contributed by atoms with Gasteiger partial charge in [-0.05, 0) is 43.0 Å². The van der Waals surface area contributed by atoms with Crippen molar-refractivity contribution in [1.82, 2.24) is 0 Å². The molecule has 0 aromatic heterocycles. The van der Waals surface area contributed by atoms with Gasteiger partial charge in [0.05, 0.1) is 6.10 Å². The summed E-state index contributed by atoms with van der Waals surface area (Å²) in [6.45, 7) is 8.85. The summed E-state index contributed by atoms with van der Waals surface area (Å²) in [5, 5.41) is 10.4. The van der Waals surface area contributed by atoms with Crippen molar-refractivity contribution in [2.45, 2.75) is 33.8 Å². The zero-order valence-electron chi connectivity index (χ0n) is 10.7. The molecule has 0 amide bonds. The molecule has 2 atom stereocenters. The van der Waals surface area contributed by atoms with Crippen molar-refractivity contribution in [2.24, 2.45) is 17.6 Å². The summed E-state index contributed by atoms with van der Waals surface area (Å²) >= 11 is 0. The smallest absolute Gasteiger partial charge is 0.0835 e. The third-order valence-corrected chi connectivity index (χ3v) is 3.50. The Morgan fingerprint density at radius 1 is 1.25 bits per heavy atom. The Hall–Kier alpha value is -0.860. The molecule has 2 heteroatoms. The predicted molar refractivity (Wildman–Crippen MR) is 68.3 cm³/mol. The van der Waals surface area contributed by atoms with Gasteiger partial charge in [-0.2, -0.15) is 0 Å². The maximum Gasteiger partial charge on any atom is 0.0835 e. The number of hydrogen-bond acceptors (Lipinski definition) is 2. The molecule has 90 valence electrons. The highest BCUT2D eigenvalue weighted by Crippen LogP contribution is 2.30. The third kappa shape index (κ3) is 2.63. The molecule has 2 nitrogen and oxygen atoms in total. The van der Waals surface area contributed by atoms with Crippen molar-refractivity contribution in [3.63, 3.8) is 0 Å². The minimum Gasteiger partial charge on any atom is -0.388 e. The van der Waals surface area contributed by atoms with Crippen LogP contribution in [0.2, 0.25) is 0 Å². The molecule has 1 aromatic rings. The van der Waals surface area contributed by atoms with Gasteiger partial charge in [0.1, 0.15) is 0 Å². The highest BCUT2D eigenvalue weighted by atomic mass is 16.3. The van der Waals surface area contributed by atoms with Crippen molar-refractivity contribution in [2.75, 3.05) is 6.54 Å². The van der Waals surface area contributed by atoms with Gasteiger partial charge in [-0.25, -0.2) is 0 Å². The SMILES string of the molecule is Cc1cccc(C(O)C(CN)C(C)C)c1C. The van der Waals surface area contributed by atoms with Crippen LogP contribution in [0.3, 0.4) is 0 Å². The van der Waals surface area contributed by atoms with E-state index >= 15 is 0 Å². The average Bonchev–Trinajstić information content (AvgIpc) is 2.22. The molecule has 0 aliphatic carbocycles. The monoisotopic (exact) mass is 221 g/mol. The van der Waals surface area contributed by atoms with Crippen LogP contribution in [0.15, 0.2) is 18.2 Å². The molecule has 0 aliphatic heterocycles. The van der Waals surface area contributed by atoms with Gasteiger partial charge >= 0.3 is 0 Å². The second-order valence-corrected chi connectivity index (χ2v) is 4.88. The van der Waals surface area contributed by atoms with Gasteiger partial charge < -0.3 is 10.8 Å². The largest absolute Gasteiger partial charge is 0.388 e. The van der Waals surface area contributed by atoms with Gasteiger partial charge in [-0.3, -0.25) is 0 Å². The molecule has 1 rings (SSSR count). The Morgan fingerprint density at radius 2 is 1.88 bits per heavy atom. The first kappa shape index (κ1) is 13.2. The first-order chi connectivity index (χ1) is 7.49. The van der Waals surface area contributed by atoms with Crippen LogP contribution in [0, 0.1) is 25.7 Å². The van der Waals surface area contributed by atoms with Crippen molar-refractivity contribution < 1.29 is 5.11 Å². The van der Waals surface area contributed by atoms with E-state index in [2.05, 4.69) is 33.8 Å². The van der Waals surface area contributed by atoms with Crippen molar-refractivity contribution in [1.29, 1.82) is 0 Å². The molecule has 0 spiro atoms. The molecule has 0 aliphatic rings. The van der Waals surface area contributed by atoms with E-state index in [-0.39, 0.29) is 5.92 Å². The fourth-order valence-corrected chi connectivity index (χ4v) is 2.09. The quantitative estimate of drug-likeness (QED) is 0.821. The lowest BCUT2D eigenvalue weighted by Crippen LogP contribution is -2.27. The molecular weight excluding hydrogens is 198 g/mol. The molecule has 3 N–H and O–H groups in total. The van der Waals surface area contributed by atoms with E-state index in [9.17, 15) is 5.11 Å². The van der Waals surface area contributed by atoms with Crippen molar-refractivity contribution in [3.05, 3.63) is 34.9 Å². The summed E-state index contributed by atoms with van der Waals surface area (Å²) in [6, 6.07) is 6.06. The molecule has 0 fully saturated rings. The third-order valence-electron chi connectivity index (χ3n) is 3.50. The van der Waals surface area contributed by atoms with Gasteiger partial charge in [-0.1, -0.05) is 32.0 Å². The van der Waals surface area contributed by atoms with E-state index in [1.165, 1.54) is 11.1 Å². The predicted octanol–water partition coefficient (Wildman–Crippen LogP) is 2.57. The maximum absolute atomic E-state index is 10.4. The zero-order valence-corrected chi connectivity index (χ0v) is 10.7. The van der Waals surface area contributed by atoms with Crippen LogP contribution in [-0.4, -0.2) is 11.7 Å². The fourth-order valence-electron chi connectivity index (χ4n) is 2.09. The molecule has 0 radical (unpaired) electrons. The summed E-state index contributed by atoms with van der Waals surface area (Å²) in [7, 11) is 0. The van der Waals surface area contributed by atoms with E-state index in [0.29, 0.717) is 12.5 Å². The number of aliphatic hydroxyl groups excluding tert-OH is 1. The Morgan fingerprint density at radius 3 is 2.38 bits per heavy atom. The van der Waals surface area contributed by atoms with Gasteiger partial charge in [-0.15, -0.1) is 0 Å². The molecule has 0 saturated carbocycles. The van der Waals surface area contributed by atoms with Gasteiger partial charge in [0.25, 0.3) is 0 Å². The van der Waals surface area contributed by atoms with Gasteiger partial charge in [0, 0.05) is 5.92 Å². The first-order valence-corrected chi connectivity index (χ1v) is 5.93. The van der Waals surface area contributed by atoms with Crippen LogP contribution in [0.1, 0.15) is 36.6 Å². The molecule has 2 unspecified atom stereocenters. The Labute approximate surface area is 98.5 Å². The summed E-state index contributed by atoms with van der Waals surface area (Å²) in [4.78, 5) is 0. The zero-order chi connectivity index (χ0) is 12.3. The molecule has 0 bridgehead atoms. The molecular formula is C14H23NO. The van der Waals surface area contributed by atoms with Crippen LogP contribution >= 0.6 is 0 Å². The van der Waals surface area contributed by atoms with Gasteiger partial charge in [0.15, 0.2) is 0 Å². The number of rotatable bonds is 4. The van der Waals surface area contributed by atoms with Crippen LogP contribution < -0.4 is 5.73 Å². The highest BCUT2D eigenvalue weighted by Gasteiger charge is 2.24. The standard InChI is InChI=1S/C14H23NO/c1-9(2)13(8-15)14(16)12-7-5-6-10(3)11(12)4/h5-7,9,13-14,16H,8,15H2,1-4H3. The average molecular weight is 221 g/mol. The van der Waals surface area contributed by atoms with E-state index in [4.69, 9.17) is 5.73 Å².